The molecule has 3 saturated heterocycles. The van der Waals surface area contributed by atoms with Crippen LogP contribution < -0.4 is 0 Å². The minimum absolute atomic E-state index is 0.0521. The average molecular weight is 444 g/mol. The van der Waals surface area contributed by atoms with E-state index >= 15 is 0 Å². The number of carboxylic acid groups (broad SMARTS) is 1. The van der Waals surface area contributed by atoms with Gasteiger partial charge in [0.05, 0.1) is 30.9 Å². The Hall–Kier alpha value is -2.85. The molecule has 32 heavy (non-hydrogen) atoms. The van der Waals surface area contributed by atoms with Gasteiger partial charge in [-0.2, -0.15) is 0 Å². The number of amides is 1. The van der Waals surface area contributed by atoms with Gasteiger partial charge in [0.1, 0.15) is 0 Å². The van der Waals surface area contributed by atoms with Gasteiger partial charge in [-0.1, -0.05) is 0 Å². The third kappa shape index (κ3) is 4.66. The summed E-state index contributed by atoms with van der Waals surface area (Å²) >= 11 is 0. The van der Waals surface area contributed by atoms with Crippen LogP contribution in [0.25, 0.3) is 0 Å². The topological polar surface area (TPSA) is 122 Å². The van der Waals surface area contributed by atoms with Crippen LogP contribution >= 0.6 is 0 Å². The summed E-state index contributed by atoms with van der Waals surface area (Å²) in [5.41, 5.74) is 1.32. The number of aryl methyl sites for hydroxylation is 2. The first-order chi connectivity index (χ1) is 15.4. The third-order valence-electron chi connectivity index (χ3n) is 6.57. The number of morpholine rings is 1. The average Bonchev–Trinajstić information content (AvgIpc) is 3.29. The van der Waals surface area contributed by atoms with Gasteiger partial charge in [0.25, 0.3) is 12.4 Å². The van der Waals surface area contributed by atoms with Crippen LogP contribution in [0, 0.1) is 13.8 Å². The van der Waals surface area contributed by atoms with E-state index in [0.717, 1.165) is 31.4 Å². The number of carbonyl (C=O) groups excluding carboxylic acids is 1. The second kappa shape index (κ2) is 9.33. The number of pyridine rings is 1. The quantitative estimate of drug-likeness (QED) is 0.708. The predicted molar refractivity (Wildman–Crippen MR) is 113 cm³/mol. The van der Waals surface area contributed by atoms with Crippen molar-refractivity contribution < 1.29 is 23.8 Å². The van der Waals surface area contributed by atoms with Crippen molar-refractivity contribution >= 4 is 12.4 Å². The second-order valence-electron chi connectivity index (χ2n) is 8.73. The highest BCUT2D eigenvalue weighted by molar-refractivity contribution is 5.94. The number of hydrogen-bond acceptors (Lipinski definition) is 8. The van der Waals surface area contributed by atoms with Crippen LogP contribution in [0.4, 0.5) is 0 Å². The molecule has 2 bridgehead atoms. The van der Waals surface area contributed by atoms with E-state index in [9.17, 15) is 4.79 Å². The molecule has 1 spiro atoms. The van der Waals surface area contributed by atoms with E-state index < -0.39 is 0 Å². The zero-order valence-electron chi connectivity index (χ0n) is 18.4. The smallest absolute Gasteiger partial charge is 0.290 e. The Labute approximate surface area is 186 Å². The lowest BCUT2D eigenvalue weighted by Gasteiger charge is -2.50. The van der Waals surface area contributed by atoms with E-state index in [0.29, 0.717) is 55.7 Å². The summed E-state index contributed by atoms with van der Waals surface area (Å²) in [6.07, 6.45) is 5.86. The molecule has 0 radical (unpaired) electrons. The number of aromatic nitrogens is 3. The minimum atomic E-state index is -0.251. The van der Waals surface area contributed by atoms with Crippen molar-refractivity contribution in [3.05, 3.63) is 41.4 Å². The number of fused-ring (bicyclic) bond motifs is 2. The van der Waals surface area contributed by atoms with Crippen LogP contribution in [-0.2, 0) is 16.1 Å². The lowest BCUT2D eigenvalue weighted by atomic mass is 9.84. The number of piperidine rings is 1. The number of hydrogen-bond donors (Lipinski definition) is 1. The van der Waals surface area contributed by atoms with E-state index in [4.69, 9.17) is 19.1 Å². The monoisotopic (exact) mass is 443 g/mol. The highest BCUT2D eigenvalue weighted by Gasteiger charge is 2.51. The van der Waals surface area contributed by atoms with E-state index in [1.165, 1.54) is 0 Å². The molecule has 10 nitrogen and oxygen atoms in total. The maximum absolute atomic E-state index is 13.0. The molecule has 3 aliphatic heterocycles. The molecule has 0 saturated carbocycles. The van der Waals surface area contributed by atoms with E-state index in [1.54, 1.807) is 6.20 Å². The molecule has 1 unspecified atom stereocenters. The highest BCUT2D eigenvalue weighted by Crippen LogP contribution is 2.44. The number of nitrogens with zero attached hydrogens (tertiary/aromatic N) is 5. The van der Waals surface area contributed by atoms with Crippen molar-refractivity contribution in [3.8, 4) is 0 Å². The fourth-order valence-electron chi connectivity index (χ4n) is 5.25. The van der Waals surface area contributed by atoms with Crippen molar-refractivity contribution in [2.45, 2.75) is 63.8 Å². The van der Waals surface area contributed by atoms with Gasteiger partial charge in [-0.25, -0.2) is 0 Å². The summed E-state index contributed by atoms with van der Waals surface area (Å²) in [6.45, 7) is 6.07. The van der Waals surface area contributed by atoms with Gasteiger partial charge in [0, 0.05) is 37.4 Å². The summed E-state index contributed by atoms with van der Waals surface area (Å²) in [6, 6.07) is 4.61. The van der Waals surface area contributed by atoms with Gasteiger partial charge in [0.15, 0.2) is 0 Å². The van der Waals surface area contributed by atoms with Crippen molar-refractivity contribution in [3.63, 3.8) is 0 Å². The Balaban J connectivity index is 0.000000775. The van der Waals surface area contributed by atoms with Crippen LogP contribution in [0.15, 0.2) is 22.7 Å². The van der Waals surface area contributed by atoms with E-state index in [1.807, 2.05) is 30.9 Å². The Kier molecular flexibility index (Phi) is 6.52. The van der Waals surface area contributed by atoms with Crippen molar-refractivity contribution in [2.75, 3.05) is 19.7 Å². The van der Waals surface area contributed by atoms with Gasteiger partial charge in [-0.3, -0.25) is 19.5 Å². The lowest BCUT2D eigenvalue weighted by molar-refractivity contribution is -0.143. The first-order valence-corrected chi connectivity index (χ1v) is 10.9. The van der Waals surface area contributed by atoms with Gasteiger partial charge < -0.3 is 19.2 Å². The van der Waals surface area contributed by atoms with Crippen LogP contribution in [0.1, 0.15) is 53.5 Å². The summed E-state index contributed by atoms with van der Waals surface area (Å²) in [7, 11) is 0. The molecule has 172 valence electrons. The summed E-state index contributed by atoms with van der Waals surface area (Å²) in [5, 5.41) is 15.0. The van der Waals surface area contributed by atoms with Crippen LogP contribution in [0.2, 0.25) is 0 Å². The fraction of sp³-hybridized carbons (Fsp3) is 0.591. The molecule has 3 aliphatic rings. The maximum atomic E-state index is 13.0. The Bertz CT molecular complexity index is 932. The molecule has 3 atom stereocenters. The molecule has 0 aromatic carbocycles. The fourth-order valence-corrected chi connectivity index (χ4v) is 5.25. The molecular formula is C22H29N5O5. The molecule has 1 amide bonds. The SMILES string of the molecule is Cc1ccc(C(=O)N2CCOC3(C[C@H]4CC[C@@H](C3)N4Cc3nnc(C)o3)C2)cn1.O=CO. The van der Waals surface area contributed by atoms with Crippen LogP contribution in [-0.4, -0.2) is 79.8 Å². The van der Waals surface area contributed by atoms with Gasteiger partial charge >= 0.3 is 0 Å². The maximum Gasteiger partial charge on any atom is 0.290 e. The number of rotatable bonds is 3. The van der Waals surface area contributed by atoms with E-state index in [-0.39, 0.29) is 18.0 Å². The molecule has 5 rings (SSSR count). The molecule has 5 heterocycles. The molecule has 2 aromatic heterocycles. The highest BCUT2D eigenvalue weighted by atomic mass is 16.5. The van der Waals surface area contributed by atoms with Gasteiger partial charge in [0.2, 0.25) is 11.8 Å². The van der Waals surface area contributed by atoms with Crippen molar-refractivity contribution in [1.29, 1.82) is 0 Å². The minimum Gasteiger partial charge on any atom is -0.483 e. The second-order valence-corrected chi connectivity index (χ2v) is 8.73. The predicted octanol–water partition coefficient (Wildman–Crippen LogP) is 1.82. The summed E-state index contributed by atoms with van der Waals surface area (Å²) in [4.78, 5) is 30.1. The first-order valence-electron chi connectivity index (χ1n) is 10.9. The molecule has 10 heteroatoms. The summed E-state index contributed by atoms with van der Waals surface area (Å²) < 4.78 is 11.9. The third-order valence-corrected chi connectivity index (χ3v) is 6.57. The normalized spacial score (nSPS) is 27.1. The lowest BCUT2D eigenvalue weighted by Crippen LogP contribution is -2.60. The summed E-state index contributed by atoms with van der Waals surface area (Å²) in [5.74, 6) is 1.34. The molecule has 0 aliphatic carbocycles. The largest absolute Gasteiger partial charge is 0.483 e. The standard InChI is InChI=1S/C21H27N5O3.CH2O2/c1-14-3-4-16(11-22-14)20(27)25-7-8-28-21(13-25)9-17-5-6-18(10-21)26(17)12-19-24-23-15(2)29-19;2-1-3/h3-4,11,17-18H,5-10,12-13H2,1-2H3;1H,(H,2,3)/t17-,18+,21?;. The number of carbonyl (C=O) groups is 2. The first kappa shape index (κ1) is 22.3. The Morgan fingerprint density at radius 2 is 1.97 bits per heavy atom. The molecule has 1 N–H and O–H groups in total. The van der Waals surface area contributed by atoms with Crippen molar-refractivity contribution in [1.82, 2.24) is 25.0 Å². The van der Waals surface area contributed by atoms with Crippen LogP contribution in [0.3, 0.4) is 0 Å². The Morgan fingerprint density at radius 3 is 2.56 bits per heavy atom. The van der Waals surface area contributed by atoms with E-state index in [2.05, 4.69) is 20.1 Å². The van der Waals surface area contributed by atoms with Gasteiger partial charge in [-0.15, -0.1) is 10.2 Å². The molecular weight excluding hydrogens is 414 g/mol. The van der Waals surface area contributed by atoms with Crippen molar-refractivity contribution in [2.24, 2.45) is 0 Å². The number of ether oxygens (including phenoxy) is 1. The molecule has 2 aromatic rings. The van der Waals surface area contributed by atoms with Crippen LogP contribution in [0.5, 0.6) is 0 Å². The zero-order chi connectivity index (χ0) is 22.7. The van der Waals surface area contributed by atoms with Gasteiger partial charge in [-0.05, 0) is 44.7 Å². The Morgan fingerprint density at radius 1 is 1.25 bits per heavy atom. The molecule has 3 fully saturated rings. The zero-order valence-corrected chi connectivity index (χ0v) is 18.4.